The van der Waals surface area contributed by atoms with Crippen LogP contribution in [0, 0.1) is 0 Å². The minimum atomic E-state index is 0.342. The Morgan fingerprint density at radius 2 is 1.38 bits per heavy atom. The number of hydrogen-bond acceptors (Lipinski definition) is 1. The first-order valence-electron chi connectivity index (χ1n) is 7.73. The van der Waals surface area contributed by atoms with Crippen LogP contribution in [0.25, 0.3) is 32.3 Å². The van der Waals surface area contributed by atoms with E-state index in [0.717, 1.165) is 0 Å². The quantitative estimate of drug-likeness (QED) is 0.350. The highest BCUT2D eigenvalue weighted by atomic mass is 35.5. The lowest BCUT2D eigenvalue weighted by Gasteiger charge is -2.13. The molecule has 0 spiro atoms. The predicted molar refractivity (Wildman–Crippen MR) is 101 cm³/mol. The van der Waals surface area contributed by atoms with E-state index in [-0.39, 0.29) is 0 Å². The van der Waals surface area contributed by atoms with E-state index in [0.29, 0.717) is 16.9 Å². The van der Waals surface area contributed by atoms with Crippen LogP contribution < -0.4 is 0 Å². The third-order valence-corrected chi connectivity index (χ3v) is 5.38. The molecule has 0 aliphatic carbocycles. The molecule has 0 radical (unpaired) electrons. The lowest BCUT2D eigenvalue weighted by atomic mass is 9.93. The van der Waals surface area contributed by atoms with Crippen LogP contribution in [0.3, 0.4) is 0 Å². The number of imidazole rings is 1. The Balaban J connectivity index is 1.76. The molecule has 0 saturated heterocycles. The van der Waals surface area contributed by atoms with Crippen molar-refractivity contribution < 1.29 is 0 Å². The predicted octanol–water partition coefficient (Wildman–Crippen LogP) is 6.14. The molecule has 0 unspecified atom stereocenters. The molecule has 1 aromatic heterocycles. The summed E-state index contributed by atoms with van der Waals surface area (Å²) in [5.41, 5.74) is 1.18. The van der Waals surface area contributed by atoms with E-state index in [1.165, 1.54) is 37.9 Å². The van der Waals surface area contributed by atoms with E-state index >= 15 is 0 Å². The molecule has 4 aromatic carbocycles. The Hall–Kier alpha value is -2.29. The molecule has 0 amide bonds. The molecule has 5 aromatic rings. The minimum absolute atomic E-state index is 0.342. The molecule has 0 fully saturated rings. The summed E-state index contributed by atoms with van der Waals surface area (Å²) < 4.78 is 1.86. The molecule has 24 heavy (non-hydrogen) atoms. The van der Waals surface area contributed by atoms with Gasteiger partial charge in [-0.3, -0.25) is 0 Å². The smallest absolute Gasteiger partial charge is 0.166 e. The van der Waals surface area contributed by atoms with Crippen LogP contribution in [-0.4, -0.2) is 9.55 Å². The summed E-state index contributed by atoms with van der Waals surface area (Å²) in [6.07, 6.45) is 1.68. The highest BCUT2D eigenvalue weighted by Crippen LogP contribution is 2.35. The molecule has 0 N–H and O–H groups in total. The van der Waals surface area contributed by atoms with E-state index in [1.54, 1.807) is 6.33 Å². The van der Waals surface area contributed by atoms with E-state index in [9.17, 15) is 0 Å². The summed E-state index contributed by atoms with van der Waals surface area (Å²) in [4.78, 5) is 4.05. The zero-order valence-electron chi connectivity index (χ0n) is 12.6. The second-order valence-electron chi connectivity index (χ2n) is 6.08. The molecule has 0 atom stereocenters. The fourth-order valence-electron chi connectivity index (χ4n) is 3.56. The lowest BCUT2D eigenvalue weighted by Crippen LogP contribution is -1.98. The van der Waals surface area contributed by atoms with Gasteiger partial charge in [-0.05, 0) is 50.0 Å². The third-order valence-electron chi connectivity index (χ3n) is 4.61. The second kappa shape index (κ2) is 5.10. The topological polar surface area (TPSA) is 17.8 Å². The first-order chi connectivity index (χ1) is 11.7. The Morgan fingerprint density at radius 3 is 1.96 bits per heavy atom. The van der Waals surface area contributed by atoms with Crippen molar-refractivity contribution in [2.75, 3.05) is 0 Å². The highest BCUT2D eigenvalue weighted by molar-refractivity contribution is 6.40. The molecule has 116 valence electrons. The second-order valence-corrected chi connectivity index (χ2v) is 6.80. The summed E-state index contributed by atoms with van der Waals surface area (Å²) in [6, 6.07) is 19.6. The number of rotatable bonds is 2. The SMILES string of the molecule is Clc1ncn(Cc2cc3ccc4cccc5ccc(c2)c3c45)c1Cl. The summed E-state index contributed by atoms with van der Waals surface area (Å²) in [5.74, 6) is 0. The standard InChI is InChI=1S/C20H12Cl2N2/c21-19-20(22)24(11-23-19)10-12-8-15-6-4-13-2-1-3-14-5-7-16(9-12)18(15)17(13)14/h1-9,11H,10H2. The van der Waals surface area contributed by atoms with Crippen LogP contribution in [0.1, 0.15) is 5.56 Å². The van der Waals surface area contributed by atoms with Crippen LogP contribution in [0.5, 0.6) is 0 Å². The fraction of sp³-hybridized carbons (Fsp3) is 0.0500. The van der Waals surface area contributed by atoms with Crippen molar-refractivity contribution in [2.24, 2.45) is 0 Å². The largest absolute Gasteiger partial charge is 0.316 e. The van der Waals surface area contributed by atoms with Crippen molar-refractivity contribution in [1.29, 1.82) is 0 Å². The summed E-state index contributed by atoms with van der Waals surface area (Å²) in [6.45, 7) is 0.648. The van der Waals surface area contributed by atoms with Crippen molar-refractivity contribution in [3.8, 4) is 0 Å². The van der Waals surface area contributed by atoms with Gasteiger partial charge >= 0.3 is 0 Å². The molecular weight excluding hydrogens is 339 g/mol. The van der Waals surface area contributed by atoms with Gasteiger partial charge in [-0.2, -0.15) is 0 Å². The Bertz CT molecular complexity index is 1140. The summed E-state index contributed by atoms with van der Waals surface area (Å²) in [5, 5.41) is 8.52. The van der Waals surface area contributed by atoms with E-state index in [4.69, 9.17) is 23.2 Å². The van der Waals surface area contributed by atoms with Crippen molar-refractivity contribution >= 4 is 55.5 Å². The van der Waals surface area contributed by atoms with Crippen LogP contribution in [-0.2, 0) is 6.54 Å². The van der Waals surface area contributed by atoms with Crippen molar-refractivity contribution in [3.63, 3.8) is 0 Å². The van der Waals surface area contributed by atoms with Crippen LogP contribution >= 0.6 is 23.2 Å². The van der Waals surface area contributed by atoms with Crippen LogP contribution in [0.15, 0.2) is 60.9 Å². The Morgan fingerprint density at radius 1 is 0.792 bits per heavy atom. The molecule has 1 heterocycles. The van der Waals surface area contributed by atoms with E-state index in [2.05, 4.69) is 59.6 Å². The molecule has 0 saturated carbocycles. The number of aromatic nitrogens is 2. The van der Waals surface area contributed by atoms with Gasteiger partial charge in [-0.1, -0.05) is 65.7 Å². The monoisotopic (exact) mass is 350 g/mol. The van der Waals surface area contributed by atoms with Gasteiger partial charge in [0, 0.05) is 6.54 Å². The van der Waals surface area contributed by atoms with E-state index < -0.39 is 0 Å². The van der Waals surface area contributed by atoms with Gasteiger partial charge in [0.15, 0.2) is 5.15 Å². The maximum Gasteiger partial charge on any atom is 0.166 e. The van der Waals surface area contributed by atoms with Gasteiger partial charge in [0.1, 0.15) is 5.15 Å². The Kier molecular flexibility index (Phi) is 2.99. The van der Waals surface area contributed by atoms with Crippen molar-refractivity contribution in [3.05, 3.63) is 76.8 Å². The number of hydrogen-bond donors (Lipinski definition) is 0. The molecule has 5 rings (SSSR count). The van der Waals surface area contributed by atoms with Gasteiger partial charge < -0.3 is 4.57 Å². The molecule has 0 bridgehead atoms. The average molecular weight is 351 g/mol. The molecule has 0 aliphatic rings. The maximum atomic E-state index is 6.19. The first-order valence-corrected chi connectivity index (χ1v) is 8.49. The maximum absolute atomic E-state index is 6.19. The zero-order chi connectivity index (χ0) is 16.3. The van der Waals surface area contributed by atoms with Crippen LogP contribution in [0.2, 0.25) is 10.3 Å². The van der Waals surface area contributed by atoms with Crippen LogP contribution in [0.4, 0.5) is 0 Å². The molecule has 0 aliphatic heterocycles. The van der Waals surface area contributed by atoms with Crippen molar-refractivity contribution in [2.45, 2.75) is 6.54 Å². The zero-order valence-corrected chi connectivity index (χ0v) is 14.1. The van der Waals surface area contributed by atoms with Gasteiger partial charge in [0.2, 0.25) is 0 Å². The lowest BCUT2D eigenvalue weighted by molar-refractivity contribution is 0.800. The number of halogens is 2. The average Bonchev–Trinajstić information content (AvgIpc) is 2.91. The number of benzene rings is 4. The highest BCUT2D eigenvalue weighted by Gasteiger charge is 2.11. The van der Waals surface area contributed by atoms with Gasteiger partial charge in [0.05, 0.1) is 6.33 Å². The normalized spacial score (nSPS) is 11.9. The van der Waals surface area contributed by atoms with Gasteiger partial charge in [-0.15, -0.1) is 0 Å². The summed E-state index contributed by atoms with van der Waals surface area (Å²) in [7, 11) is 0. The number of nitrogens with zero attached hydrogens (tertiary/aromatic N) is 2. The molecule has 4 heteroatoms. The van der Waals surface area contributed by atoms with Gasteiger partial charge in [0.25, 0.3) is 0 Å². The molecular formula is C20H12Cl2N2. The Labute approximate surface area is 148 Å². The fourth-order valence-corrected chi connectivity index (χ4v) is 3.86. The van der Waals surface area contributed by atoms with Gasteiger partial charge in [-0.25, -0.2) is 4.98 Å². The first kappa shape index (κ1) is 14.1. The minimum Gasteiger partial charge on any atom is -0.316 e. The van der Waals surface area contributed by atoms with Crippen molar-refractivity contribution in [1.82, 2.24) is 9.55 Å². The third kappa shape index (κ3) is 2.00. The summed E-state index contributed by atoms with van der Waals surface area (Å²) >= 11 is 12.1. The molecule has 2 nitrogen and oxygen atoms in total. The van der Waals surface area contributed by atoms with E-state index in [1.807, 2.05) is 4.57 Å².